The first-order valence-electron chi connectivity index (χ1n) is 22.0. The number of aryl methyl sites for hydroxylation is 6. The Morgan fingerprint density at radius 1 is 0.618 bits per heavy atom. The minimum Gasteiger partial charge on any atom is -0.485 e. The number of hydrogen-bond acceptors (Lipinski definition) is 14. The first kappa shape index (κ1) is 46.0. The molecule has 0 radical (unpaired) electrons. The Morgan fingerprint density at radius 3 is 1.46 bits per heavy atom. The van der Waals surface area contributed by atoms with E-state index in [1.54, 1.807) is 108 Å². The minimum atomic E-state index is -2.30. The maximum absolute atomic E-state index is 13.4. The summed E-state index contributed by atoms with van der Waals surface area (Å²) in [5.41, 5.74) is 3.10. The van der Waals surface area contributed by atoms with Crippen LogP contribution in [0.25, 0.3) is 34.2 Å². The highest BCUT2D eigenvalue weighted by molar-refractivity contribution is 6.32. The Bertz CT molecular complexity index is 3380. The number of halogens is 2. The highest BCUT2D eigenvalue weighted by Gasteiger charge is 2.23. The second kappa shape index (κ2) is 19.6. The first-order chi connectivity index (χ1) is 32.8. The molecule has 0 aliphatic heterocycles. The lowest BCUT2D eigenvalue weighted by Crippen LogP contribution is -2.23. The smallest absolute Gasteiger partial charge is 0.277 e. The van der Waals surface area contributed by atoms with Crippen molar-refractivity contribution < 1.29 is 22.4 Å². The molecule has 8 aromatic heterocycles. The molecular formula is C48H50Cl2N12O6. The van der Waals surface area contributed by atoms with Gasteiger partial charge in [-0.3, -0.25) is 38.1 Å². The molecule has 8 aromatic rings. The largest absolute Gasteiger partial charge is 0.485 e. The molecule has 0 unspecified atom stereocenters. The SMILES string of the molecule is Cc1cnc(-c2ccnc(C(C)(C)O)n2)cc1-n1c(C)cc(OCc2ccn(C)n2)c(Cl)c1=O.[2H]C([2H])(Oc1cc(C)n(-c2cc(-c3ccnc(C(C)(C)O)n3)ncc2C)c(=O)c1Cl)c1ccn(C)n1. The fraction of sp³-hybridized carbons (Fsp3) is 0.292. The third kappa shape index (κ3) is 10.8. The van der Waals surface area contributed by atoms with E-state index in [0.29, 0.717) is 56.9 Å². The van der Waals surface area contributed by atoms with Crippen LogP contribution in [-0.2, 0) is 38.5 Å². The molecule has 0 spiro atoms. The summed E-state index contributed by atoms with van der Waals surface area (Å²) >= 11 is 12.8. The van der Waals surface area contributed by atoms with Gasteiger partial charge in [0.05, 0.1) is 48.3 Å². The van der Waals surface area contributed by atoms with Gasteiger partial charge in [-0.1, -0.05) is 23.2 Å². The monoisotopic (exact) mass is 962 g/mol. The number of hydrogen-bond donors (Lipinski definition) is 2. The van der Waals surface area contributed by atoms with Crippen molar-refractivity contribution in [2.24, 2.45) is 14.1 Å². The summed E-state index contributed by atoms with van der Waals surface area (Å²) in [6, 6.07) is 13.4. The van der Waals surface area contributed by atoms with Crippen LogP contribution in [-0.4, -0.2) is 68.8 Å². The van der Waals surface area contributed by atoms with E-state index < -0.39 is 28.9 Å². The van der Waals surface area contributed by atoms with Gasteiger partial charge in [0.1, 0.15) is 45.9 Å². The Hall–Kier alpha value is -7.12. The second-order valence-corrected chi connectivity index (χ2v) is 17.7. The second-order valence-electron chi connectivity index (χ2n) is 16.9. The van der Waals surface area contributed by atoms with E-state index in [4.69, 9.17) is 35.4 Å². The van der Waals surface area contributed by atoms with Gasteiger partial charge in [-0.15, -0.1) is 0 Å². The van der Waals surface area contributed by atoms with Crippen LogP contribution in [0.5, 0.6) is 11.5 Å². The van der Waals surface area contributed by atoms with Crippen LogP contribution in [0.3, 0.4) is 0 Å². The number of pyridine rings is 4. The molecule has 0 fully saturated rings. The van der Waals surface area contributed by atoms with Crippen LogP contribution in [0.15, 0.2) is 95.3 Å². The summed E-state index contributed by atoms with van der Waals surface area (Å²) in [7, 11) is 3.48. The van der Waals surface area contributed by atoms with Gasteiger partial charge in [0.15, 0.2) is 11.6 Å². The Morgan fingerprint density at radius 2 is 1.04 bits per heavy atom. The molecule has 0 saturated carbocycles. The summed E-state index contributed by atoms with van der Waals surface area (Å²) in [6.07, 6.45) is 9.79. The van der Waals surface area contributed by atoms with Crippen molar-refractivity contribution in [2.75, 3.05) is 0 Å². The van der Waals surface area contributed by atoms with Gasteiger partial charge >= 0.3 is 0 Å². The summed E-state index contributed by atoms with van der Waals surface area (Å²) in [5, 5.41) is 28.6. The minimum absolute atomic E-state index is 0.0226. The topological polar surface area (TPSA) is 216 Å². The summed E-state index contributed by atoms with van der Waals surface area (Å²) < 4.78 is 33.9. The van der Waals surface area contributed by atoms with Gasteiger partial charge < -0.3 is 19.7 Å². The van der Waals surface area contributed by atoms with E-state index in [0.717, 1.165) is 11.3 Å². The van der Waals surface area contributed by atoms with E-state index in [1.807, 2.05) is 33.2 Å². The molecule has 0 aromatic carbocycles. The average molecular weight is 964 g/mol. The van der Waals surface area contributed by atoms with E-state index >= 15 is 0 Å². The molecule has 2 N–H and O–H groups in total. The van der Waals surface area contributed by atoms with Crippen molar-refractivity contribution in [3.05, 3.63) is 162 Å². The van der Waals surface area contributed by atoms with Crippen molar-refractivity contribution in [1.82, 2.24) is 58.6 Å². The highest BCUT2D eigenvalue weighted by Crippen LogP contribution is 2.30. The quantitative estimate of drug-likeness (QED) is 0.126. The van der Waals surface area contributed by atoms with E-state index in [1.165, 1.54) is 32.1 Å². The third-order valence-electron chi connectivity index (χ3n) is 10.3. The Labute approximate surface area is 404 Å². The molecule has 68 heavy (non-hydrogen) atoms. The van der Waals surface area contributed by atoms with Crippen molar-refractivity contribution in [1.29, 1.82) is 0 Å². The van der Waals surface area contributed by atoms with E-state index in [9.17, 15) is 19.8 Å². The Balaban J connectivity index is 0.000000207. The van der Waals surface area contributed by atoms with Crippen molar-refractivity contribution in [3.8, 4) is 45.6 Å². The molecule has 0 saturated heterocycles. The molecule has 0 amide bonds. The summed E-state index contributed by atoms with van der Waals surface area (Å²) in [4.78, 5) is 52.7. The number of rotatable bonds is 12. The van der Waals surface area contributed by atoms with Gasteiger partial charge in [0.2, 0.25) is 0 Å². The Kier molecular flexibility index (Phi) is 13.3. The lowest BCUT2D eigenvalue weighted by Gasteiger charge is -2.17. The predicted octanol–water partition coefficient (Wildman–Crippen LogP) is 7.00. The lowest BCUT2D eigenvalue weighted by molar-refractivity contribution is 0.0683. The molecule has 0 aliphatic rings. The number of nitrogens with zero attached hydrogens (tertiary/aromatic N) is 12. The zero-order chi connectivity index (χ0) is 51.0. The molecule has 18 nitrogen and oxygen atoms in total. The van der Waals surface area contributed by atoms with Gasteiger partial charge in [0, 0.05) is 74.8 Å². The van der Waals surface area contributed by atoms with Crippen LogP contribution in [0.2, 0.25) is 10.0 Å². The zero-order valence-electron chi connectivity index (χ0n) is 40.9. The number of ether oxygens (including phenoxy) is 2. The molecular weight excluding hydrogens is 912 g/mol. The average Bonchev–Trinajstić information content (AvgIpc) is 3.95. The van der Waals surface area contributed by atoms with Gasteiger partial charge in [-0.2, -0.15) is 10.2 Å². The van der Waals surface area contributed by atoms with Crippen LogP contribution in [0, 0.1) is 27.7 Å². The predicted molar refractivity (Wildman–Crippen MR) is 256 cm³/mol. The number of aromatic nitrogens is 12. The van der Waals surface area contributed by atoms with Crippen LogP contribution < -0.4 is 20.6 Å². The molecule has 0 aliphatic carbocycles. The van der Waals surface area contributed by atoms with Crippen molar-refractivity contribution >= 4 is 23.2 Å². The summed E-state index contributed by atoms with van der Waals surface area (Å²) in [5.74, 6) is 0.718. The molecule has 8 heterocycles. The summed E-state index contributed by atoms with van der Waals surface area (Å²) in [6.45, 7) is 11.5. The molecule has 0 atom stereocenters. The molecule has 352 valence electrons. The third-order valence-corrected chi connectivity index (χ3v) is 11.0. The van der Waals surface area contributed by atoms with Crippen molar-refractivity contribution in [2.45, 2.75) is 79.8 Å². The lowest BCUT2D eigenvalue weighted by atomic mass is 10.1. The standard InChI is InChI=1S/2C24H25ClN6O3/c2*1-14-12-27-18(17-6-8-26-23(28-17)24(3,4)33)11-19(14)31-15(2)10-20(21(25)22(31)32)34-13-16-7-9-30(5)29-16/h2*6-12,33H,13H2,1-5H3/i13D2;. The van der Waals surface area contributed by atoms with Crippen LogP contribution >= 0.6 is 23.2 Å². The number of aliphatic hydroxyl groups is 2. The zero-order valence-corrected chi connectivity index (χ0v) is 40.5. The van der Waals surface area contributed by atoms with E-state index in [2.05, 4.69) is 40.1 Å². The van der Waals surface area contributed by atoms with E-state index in [-0.39, 0.29) is 39.7 Å². The van der Waals surface area contributed by atoms with Crippen LogP contribution in [0.1, 0.15) is 76.0 Å². The van der Waals surface area contributed by atoms with Gasteiger partial charge in [0.25, 0.3) is 11.1 Å². The molecule has 0 bridgehead atoms. The maximum Gasteiger partial charge on any atom is 0.277 e. The molecule has 20 heteroatoms. The van der Waals surface area contributed by atoms with Gasteiger partial charge in [-0.05, 0) is 103 Å². The first-order valence-corrected chi connectivity index (χ1v) is 21.8. The fourth-order valence-electron chi connectivity index (χ4n) is 6.79. The van der Waals surface area contributed by atoms with Crippen molar-refractivity contribution in [3.63, 3.8) is 0 Å². The maximum atomic E-state index is 13.4. The molecule has 8 rings (SSSR count). The van der Waals surface area contributed by atoms with Crippen LogP contribution in [0.4, 0.5) is 0 Å². The fourth-order valence-corrected chi connectivity index (χ4v) is 7.16. The normalized spacial score (nSPS) is 12.3. The highest BCUT2D eigenvalue weighted by atomic mass is 35.5. The van der Waals surface area contributed by atoms with Gasteiger partial charge in [-0.25, -0.2) is 19.9 Å².